The first kappa shape index (κ1) is 18.1. The quantitative estimate of drug-likeness (QED) is 0.900. The van der Waals surface area contributed by atoms with Crippen molar-refractivity contribution in [2.45, 2.75) is 18.4 Å². The van der Waals surface area contributed by atoms with Crippen LogP contribution in [0.2, 0.25) is 0 Å². The molecule has 7 heteroatoms. The number of amides is 1. The van der Waals surface area contributed by atoms with Gasteiger partial charge in [-0.25, -0.2) is 17.5 Å². The molecule has 0 aliphatic rings. The largest absolute Gasteiger partial charge is 0.337 e. The van der Waals surface area contributed by atoms with Crippen LogP contribution in [0.4, 0.5) is 4.39 Å². The second kappa shape index (κ2) is 7.11. The molecule has 1 amide bonds. The second-order valence-electron chi connectivity index (χ2n) is 5.47. The van der Waals surface area contributed by atoms with Gasteiger partial charge in [0.25, 0.3) is 5.91 Å². The van der Waals surface area contributed by atoms with Gasteiger partial charge >= 0.3 is 0 Å². The lowest BCUT2D eigenvalue weighted by molar-refractivity contribution is 0.0784. The number of nitrogens with zero attached hydrogens (tertiary/aromatic N) is 1. The molecule has 0 atom stereocenters. The van der Waals surface area contributed by atoms with Crippen LogP contribution in [-0.2, 0) is 16.6 Å². The van der Waals surface area contributed by atoms with Crippen LogP contribution in [0.15, 0.2) is 47.4 Å². The molecule has 0 aliphatic carbocycles. The second-order valence-corrected chi connectivity index (χ2v) is 7.36. The average molecular weight is 350 g/mol. The minimum Gasteiger partial charge on any atom is -0.337 e. The van der Waals surface area contributed by atoms with Crippen molar-refractivity contribution in [3.8, 4) is 0 Å². The van der Waals surface area contributed by atoms with Gasteiger partial charge in [0.05, 0.1) is 4.90 Å². The third-order valence-electron chi connectivity index (χ3n) is 3.70. The van der Waals surface area contributed by atoms with Crippen molar-refractivity contribution in [3.63, 3.8) is 0 Å². The fraction of sp³-hybridized carbons (Fsp3) is 0.235. The Kier molecular flexibility index (Phi) is 5.36. The zero-order valence-electron chi connectivity index (χ0n) is 13.7. The summed E-state index contributed by atoms with van der Waals surface area (Å²) < 4.78 is 39.0. The highest BCUT2D eigenvalue weighted by Gasteiger charge is 2.19. The Labute approximate surface area is 141 Å². The van der Waals surface area contributed by atoms with Crippen LogP contribution in [0.25, 0.3) is 0 Å². The first-order valence-corrected chi connectivity index (χ1v) is 8.77. The number of hydrogen-bond donors (Lipinski definition) is 1. The third-order valence-corrected chi connectivity index (χ3v) is 5.11. The monoisotopic (exact) mass is 350 g/mol. The van der Waals surface area contributed by atoms with E-state index in [-0.39, 0.29) is 16.6 Å². The van der Waals surface area contributed by atoms with Crippen molar-refractivity contribution in [1.29, 1.82) is 0 Å². The lowest BCUT2D eigenvalue weighted by Gasteiger charge is -2.19. The summed E-state index contributed by atoms with van der Waals surface area (Å²) in [5.74, 6) is -0.640. The van der Waals surface area contributed by atoms with Gasteiger partial charge in [0.2, 0.25) is 10.0 Å². The number of carbonyl (C=O) groups is 1. The van der Waals surface area contributed by atoms with Gasteiger partial charge in [0, 0.05) is 19.2 Å². The summed E-state index contributed by atoms with van der Waals surface area (Å²) in [6.45, 7) is 2.04. The number of benzene rings is 2. The molecular formula is C17H19FN2O3S. The van der Waals surface area contributed by atoms with Crippen molar-refractivity contribution >= 4 is 15.9 Å². The standard InChI is InChI=1S/C17H19FN2O3S/c1-12-4-9-15(24(22,23)19-2)10-16(12)17(21)20(3)11-13-5-7-14(18)8-6-13/h4-10,19H,11H2,1-3H3. The number of sulfonamides is 1. The Hall–Kier alpha value is -2.25. The molecule has 0 saturated heterocycles. The highest BCUT2D eigenvalue weighted by Crippen LogP contribution is 2.18. The van der Waals surface area contributed by atoms with Crippen LogP contribution in [0.3, 0.4) is 0 Å². The summed E-state index contributed by atoms with van der Waals surface area (Å²) in [5, 5.41) is 0. The summed E-state index contributed by atoms with van der Waals surface area (Å²) in [6.07, 6.45) is 0. The van der Waals surface area contributed by atoms with Gasteiger partial charge in [-0.15, -0.1) is 0 Å². The lowest BCUT2D eigenvalue weighted by Crippen LogP contribution is -2.27. The molecular weight excluding hydrogens is 331 g/mol. The Morgan fingerprint density at radius 3 is 2.38 bits per heavy atom. The molecule has 0 aliphatic heterocycles. The molecule has 0 heterocycles. The molecule has 0 spiro atoms. The van der Waals surface area contributed by atoms with Crippen molar-refractivity contribution in [2.75, 3.05) is 14.1 Å². The fourth-order valence-electron chi connectivity index (χ4n) is 2.26. The van der Waals surface area contributed by atoms with Crippen molar-refractivity contribution in [3.05, 3.63) is 65.0 Å². The van der Waals surface area contributed by atoms with Gasteiger partial charge < -0.3 is 4.90 Å². The molecule has 0 radical (unpaired) electrons. The number of nitrogens with one attached hydrogen (secondary N) is 1. The third kappa shape index (κ3) is 3.98. The van der Waals surface area contributed by atoms with Gasteiger partial charge in [-0.2, -0.15) is 0 Å². The minimum atomic E-state index is -3.62. The van der Waals surface area contributed by atoms with E-state index in [1.165, 1.54) is 36.2 Å². The summed E-state index contributed by atoms with van der Waals surface area (Å²) in [7, 11) is -0.690. The lowest BCUT2D eigenvalue weighted by atomic mass is 10.1. The van der Waals surface area contributed by atoms with E-state index in [9.17, 15) is 17.6 Å². The topological polar surface area (TPSA) is 66.5 Å². The number of aryl methyl sites for hydroxylation is 1. The zero-order chi connectivity index (χ0) is 17.9. The Morgan fingerprint density at radius 1 is 1.17 bits per heavy atom. The number of rotatable bonds is 5. The smallest absolute Gasteiger partial charge is 0.254 e. The maximum absolute atomic E-state index is 12.9. The summed E-state index contributed by atoms with van der Waals surface area (Å²) >= 11 is 0. The molecule has 0 bridgehead atoms. The van der Waals surface area contributed by atoms with Crippen LogP contribution in [0.5, 0.6) is 0 Å². The Balaban J connectivity index is 2.28. The normalized spacial score (nSPS) is 11.3. The molecule has 1 N–H and O–H groups in total. The molecule has 128 valence electrons. The SMILES string of the molecule is CNS(=O)(=O)c1ccc(C)c(C(=O)N(C)Cc2ccc(F)cc2)c1. The highest BCUT2D eigenvalue weighted by atomic mass is 32.2. The summed E-state index contributed by atoms with van der Waals surface area (Å²) in [6, 6.07) is 10.3. The van der Waals surface area contributed by atoms with E-state index >= 15 is 0 Å². The van der Waals surface area contributed by atoms with E-state index in [1.807, 2.05) is 0 Å². The molecule has 5 nitrogen and oxygen atoms in total. The molecule has 0 fully saturated rings. The van der Waals surface area contributed by atoms with E-state index < -0.39 is 10.0 Å². The first-order chi connectivity index (χ1) is 11.2. The van der Waals surface area contributed by atoms with Crippen LogP contribution in [0, 0.1) is 12.7 Å². The average Bonchev–Trinajstić information content (AvgIpc) is 2.56. The molecule has 0 unspecified atom stereocenters. The number of hydrogen-bond acceptors (Lipinski definition) is 3. The van der Waals surface area contributed by atoms with Gasteiger partial charge in [-0.3, -0.25) is 4.79 Å². The Bertz CT molecular complexity index is 849. The van der Waals surface area contributed by atoms with E-state index in [1.54, 1.807) is 32.2 Å². The molecule has 0 saturated carbocycles. The van der Waals surface area contributed by atoms with Gasteiger partial charge in [0.15, 0.2) is 0 Å². The first-order valence-electron chi connectivity index (χ1n) is 7.28. The molecule has 2 aromatic carbocycles. The summed E-state index contributed by atoms with van der Waals surface area (Å²) in [4.78, 5) is 14.1. The molecule has 24 heavy (non-hydrogen) atoms. The van der Waals surface area contributed by atoms with Gasteiger partial charge in [-0.05, 0) is 49.4 Å². The molecule has 2 rings (SSSR count). The molecule has 0 aromatic heterocycles. The number of carbonyl (C=O) groups excluding carboxylic acids is 1. The molecule has 2 aromatic rings. The van der Waals surface area contributed by atoms with E-state index in [0.29, 0.717) is 17.7 Å². The number of halogens is 1. The minimum absolute atomic E-state index is 0.0362. The fourth-order valence-corrected chi connectivity index (χ4v) is 3.01. The van der Waals surface area contributed by atoms with Crippen molar-refractivity contribution in [1.82, 2.24) is 9.62 Å². The van der Waals surface area contributed by atoms with Gasteiger partial charge in [-0.1, -0.05) is 18.2 Å². The predicted molar refractivity (Wildman–Crippen MR) is 89.6 cm³/mol. The predicted octanol–water partition coefficient (Wildman–Crippen LogP) is 2.31. The van der Waals surface area contributed by atoms with Crippen LogP contribution in [0.1, 0.15) is 21.5 Å². The van der Waals surface area contributed by atoms with Crippen molar-refractivity contribution in [2.24, 2.45) is 0 Å². The van der Waals surface area contributed by atoms with Gasteiger partial charge in [0.1, 0.15) is 5.82 Å². The van der Waals surface area contributed by atoms with E-state index in [2.05, 4.69) is 4.72 Å². The van der Waals surface area contributed by atoms with Crippen LogP contribution >= 0.6 is 0 Å². The van der Waals surface area contributed by atoms with Crippen LogP contribution in [-0.4, -0.2) is 33.3 Å². The summed E-state index contributed by atoms with van der Waals surface area (Å²) in [5.41, 5.74) is 1.78. The van der Waals surface area contributed by atoms with Crippen molar-refractivity contribution < 1.29 is 17.6 Å². The van der Waals surface area contributed by atoms with Crippen LogP contribution < -0.4 is 4.72 Å². The van der Waals surface area contributed by atoms with E-state index in [4.69, 9.17) is 0 Å². The zero-order valence-corrected chi connectivity index (χ0v) is 14.5. The van der Waals surface area contributed by atoms with E-state index in [0.717, 1.165) is 5.56 Å². The maximum Gasteiger partial charge on any atom is 0.254 e. The highest BCUT2D eigenvalue weighted by molar-refractivity contribution is 7.89. The maximum atomic E-state index is 12.9. The Morgan fingerprint density at radius 2 is 1.79 bits per heavy atom.